The third kappa shape index (κ3) is 3.92. The Morgan fingerprint density at radius 1 is 1.19 bits per heavy atom. The first kappa shape index (κ1) is 15.7. The molecule has 0 aliphatic rings. The lowest BCUT2D eigenvalue weighted by Gasteiger charge is -2.09. The van der Waals surface area contributed by atoms with Crippen LogP contribution in [-0.4, -0.2) is 24.7 Å². The van der Waals surface area contributed by atoms with Gasteiger partial charge >= 0.3 is 0 Å². The molecule has 0 saturated carbocycles. The van der Waals surface area contributed by atoms with Gasteiger partial charge in [-0.25, -0.2) is 13.1 Å². The highest BCUT2D eigenvalue weighted by molar-refractivity contribution is 7.89. The number of nitrogens with zero attached hydrogens (tertiary/aromatic N) is 2. The van der Waals surface area contributed by atoms with Crippen LogP contribution in [0.1, 0.15) is 23.4 Å². The molecule has 0 aliphatic carbocycles. The summed E-state index contributed by atoms with van der Waals surface area (Å²) >= 11 is 0. The molecule has 114 valence electrons. The molecular weight excluding hydrogens is 286 g/mol. The fourth-order valence-corrected chi connectivity index (χ4v) is 3.59. The van der Waals surface area contributed by atoms with Crippen molar-refractivity contribution in [2.75, 3.05) is 6.54 Å². The molecule has 21 heavy (non-hydrogen) atoms. The molecule has 6 heteroatoms. The summed E-state index contributed by atoms with van der Waals surface area (Å²) in [7, 11) is -3.43. The molecule has 5 nitrogen and oxygen atoms in total. The molecule has 0 aliphatic heterocycles. The molecule has 0 bridgehead atoms. The number of sulfonamides is 1. The molecule has 0 fully saturated rings. The van der Waals surface area contributed by atoms with E-state index >= 15 is 0 Å². The normalized spacial score (nSPS) is 11.8. The average Bonchev–Trinajstić information content (AvgIpc) is 2.73. The Bertz CT molecular complexity index is 720. The van der Waals surface area contributed by atoms with E-state index in [-0.39, 0.29) is 0 Å². The van der Waals surface area contributed by atoms with Gasteiger partial charge < -0.3 is 0 Å². The Kier molecular flexibility index (Phi) is 4.80. The van der Waals surface area contributed by atoms with Gasteiger partial charge in [0, 0.05) is 18.8 Å². The zero-order valence-electron chi connectivity index (χ0n) is 12.6. The van der Waals surface area contributed by atoms with Gasteiger partial charge in [-0.3, -0.25) is 4.68 Å². The zero-order valence-corrected chi connectivity index (χ0v) is 13.4. The van der Waals surface area contributed by atoms with Crippen molar-refractivity contribution in [1.82, 2.24) is 14.5 Å². The van der Waals surface area contributed by atoms with E-state index in [2.05, 4.69) is 9.82 Å². The van der Waals surface area contributed by atoms with Crippen LogP contribution in [0.2, 0.25) is 0 Å². The second-order valence-electron chi connectivity index (χ2n) is 5.17. The first-order chi connectivity index (χ1) is 9.90. The number of rotatable bonds is 6. The van der Waals surface area contributed by atoms with Crippen molar-refractivity contribution in [2.24, 2.45) is 0 Å². The largest absolute Gasteiger partial charge is 0.270 e. The smallest absolute Gasteiger partial charge is 0.240 e. The van der Waals surface area contributed by atoms with Crippen LogP contribution in [0.3, 0.4) is 0 Å². The van der Waals surface area contributed by atoms with Crippen LogP contribution in [0.15, 0.2) is 35.2 Å². The predicted octanol–water partition coefficient (Wildman–Crippen LogP) is 2.18. The highest BCUT2D eigenvalue weighted by Gasteiger charge is 2.15. The Morgan fingerprint density at radius 3 is 2.52 bits per heavy atom. The molecule has 1 heterocycles. The number of aromatic nitrogens is 2. The van der Waals surface area contributed by atoms with Gasteiger partial charge in [0.05, 0.1) is 10.6 Å². The number of benzene rings is 1. The Morgan fingerprint density at radius 2 is 1.90 bits per heavy atom. The van der Waals surface area contributed by atoms with E-state index in [9.17, 15) is 8.42 Å². The van der Waals surface area contributed by atoms with E-state index in [4.69, 9.17) is 0 Å². The third-order valence-electron chi connectivity index (χ3n) is 3.33. The van der Waals surface area contributed by atoms with E-state index in [1.54, 1.807) is 25.1 Å². The molecule has 0 atom stereocenters. The van der Waals surface area contributed by atoms with Gasteiger partial charge in [-0.05, 0) is 44.9 Å². The van der Waals surface area contributed by atoms with Gasteiger partial charge in [0.15, 0.2) is 0 Å². The second-order valence-corrected chi connectivity index (χ2v) is 6.90. The molecule has 2 rings (SSSR count). The Balaban J connectivity index is 1.91. The lowest BCUT2D eigenvalue weighted by molar-refractivity contribution is 0.544. The highest BCUT2D eigenvalue weighted by Crippen LogP contribution is 2.13. The van der Waals surface area contributed by atoms with Gasteiger partial charge in [-0.2, -0.15) is 5.10 Å². The van der Waals surface area contributed by atoms with E-state index in [0.29, 0.717) is 24.4 Å². The van der Waals surface area contributed by atoms with Crippen molar-refractivity contribution in [3.63, 3.8) is 0 Å². The number of aryl methyl sites for hydroxylation is 4. The van der Waals surface area contributed by atoms with Crippen molar-refractivity contribution >= 4 is 10.0 Å². The molecule has 1 N–H and O–H groups in total. The van der Waals surface area contributed by atoms with Crippen LogP contribution in [0.4, 0.5) is 0 Å². The summed E-state index contributed by atoms with van der Waals surface area (Å²) in [6.45, 7) is 6.84. The maximum absolute atomic E-state index is 12.2. The quantitative estimate of drug-likeness (QED) is 0.832. The predicted molar refractivity (Wildman–Crippen MR) is 82.7 cm³/mol. The van der Waals surface area contributed by atoms with Crippen molar-refractivity contribution < 1.29 is 8.42 Å². The zero-order chi connectivity index (χ0) is 15.5. The minimum atomic E-state index is -3.43. The van der Waals surface area contributed by atoms with Gasteiger partial charge in [0.1, 0.15) is 0 Å². The summed E-state index contributed by atoms with van der Waals surface area (Å²) in [4.78, 5) is 0.344. The van der Waals surface area contributed by atoms with E-state index < -0.39 is 10.0 Å². The van der Waals surface area contributed by atoms with Crippen molar-refractivity contribution in [3.05, 3.63) is 47.3 Å². The summed E-state index contributed by atoms with van der Waals surface area (Å²) in [5.74, 6) is 0. The fourth-order valence-electron chi connectivity index (χ4n) is 2.27. The molecule has 0 unspecified atom stereocenters. The SMILES string of the molecule is Cc1cc(C)n(CCCNS(=O)(=O)c2ccccc2C)n1. The van der Waals surface area contributed by atoms with E-state index in [1.807, 2.05) is 30.7 Å². The fraction of sp³-hybridized carbons (Fsp3) is 0.400. The number of nitrogens with one attached hydrogen (secondary N) is 1. The van der Waals surface area contributed by atoms with Crippen molar-refractivity contribution in [3.8, 4) is 0 Å². The Hall–Kier alpha value is -1.66. The van der Waals surface area contributed by atoms with Crippen LogP contribution >= 0.6 is 0 Å². The highest BCUT2D eigenvalue weighted by atomic mass is 32.2. The molecule has 1 aromatic heterocycles. The third-order valence-corrected chi connectivity index (χ3v) is 4.95. The summed E-state index contributed by atoms with van der Waals surface area (Å²) < 4.78 is 28.9. The maximum atomic E-state index is 12.2. The standard InChI is InChI=1S/C15H21N3O2S/c1-12-7-4-5-8-15(12)21(19,20)16-9-6-10-18-14(3)11-13(2)17-18/h4-5,7-8,11,16H,6,9-10H2,1-3H3. The topological polar surface area (TPSA) is 64.0 Å². The molecule has 1 aromatic carbocycles. The first-order valence-electron chi connectivity index (χ1n) is 6.96. The van der Waals surface area contributed by atoms with E-state index in [0.717, 1.165) is 17.0 Å². The number of hydrogen-bond acceptors (Lipinski definition) is 3. The number of hydrogen-bond donors (Lipinski definition) is 1. The molecule has 0 radical (unpaired) electrons. The van der Waals surface area contributed by atoms with Gasteiger partial charge in [0.2, 0.25) is 10.0 Å². The van der Waals surface area contributed by atoms with Crippen LogP contribution in [-0.2, 0) is 16.6 Å². The summed E-state index contributed by atoms with van der Waals surface area (Å²) in [5, 5.41) is 4.36. The van der Waals surface area contributed by atoms with Gasteiger partial charge in [-0.15, -0.1) is 0 Å². The second kappa shape index (κ2) is 6.41. The molecule has 2 aromatic rings. The van der Waals surface area contributed by atoms with Crippen LogP contribution < -0.4 is 4.72 Å². The average molecular weight is 307 g/mol. The molecule has 0 spiro atoms. The lowest BCUT2D eigenvalue weighted by atomic mass is 10.2. The Labute approximate surface area is 126 Å². The van der Waals surface area contributed by atoms with Crippen LogP contribution in [0.25, 0.3) is 0 Å². The van der Waals surface area contributed by atoms with Gasteiger partial charge in [-0.1, -0.05) is 18.2 Å². The maximum Gasteiger partial charge on any atom is 0.240 e. The van der Waals surface area contributed by atoms with Crippen molar-refractivity contribution in [1.29, 1.82) is 0 Å². The lowest BCUT2D eigenvalue weighted by Crippen LogP contribution is -2.26. The summed E-state index contributed by atoms with van der Waals surface area (Å²) in [6, 6.07) is 9.00. The van der Waals surface area contributed by atoms with E-state index in [1.165, 1.54) is 0 Å². The molecular formula is C15H21N3O2S. The minimum Gasteiger partial charge on any atom is -0.270 e. The first-order valence-corrected chi connectivity index (χ1v) is 8.45. The molecule has 0 amide bonds. The van der Waals surface area contributed by atoms with Crippen LogP contribution in [0.5, 0.6) is 0 Å². The monoisotopic (exact) mass is 307 g/mol. The molecule has 0 saturated heterocycles. The summed E-state index contributed by atoms with van der Waals surface area (Å²) in [6.07, 6.45) is 0.701. The van der Waals surface area contributed by atoms with Crippen molar-refractivity contribution in [2.45, 2.75) is 38.6 Å². The van der Waals surface area contributed by atoms with Gasteiger partial charge in [0.25, 0.3) is 0 Å². The minimum absolute atomic E-state index is 0.344. The summed E-state index contributed by atoms with van der Waals surface area (Å²) in [5.41, 5.74) is 2.82. The van der Waals surface area contributed by atoms with Crippen LogP contribution in [0, 0.1) is 20.8 Å².